The molecule has 0 amide bonds. The second kappa shape index (κ2) is 8.55. The Morgan fingerprint density at radius 3 is 2.68 bits per heavy atom. The van der Waals surface area contributed by atoms with Crippen LogP contribution < -0.4 is 10.1 Å². The minimum absolute atomic E-state index is 0.190. The average molecular weight is 260 g/mol. The van der Waals surface area contributed by atoms with E-state index in [-0.39, 0.29) is 5.41 Å². The fourth-order valence-electron chi connectivity index (χ4n) is 1.81. The van der Waals surface area contributed by atoms with Gasteiger partial charge in [0.1, 0.15) is 5.75 Å². The van der Waals surface area contributed by atoms with Gasteiger partial charge in [-0.25, -0.2) is 0 Å². The van der Waals surface area contributed by atoms with Crippen molar-refractivity contribution in [3.05, 3.63) is 30.3 Å². The lowest BCUT2D eigenvalue weighted by Gasteiger charge is -2.23. The average Bonchev–Trinajstić information content (AvgIpc) is 2.42. The lowest BCUT2D eigenvalue weighted by molar-refractivity contribution is 0.289. The molecule has 1 rings (SSSR count). The van der Waals surface area contributed by atoms with Crippen molar-refractivity contribution < 1.29 is 4.74 Å². The number of ether oxygens (including phenoxy) is 1. The lowest BCUT2D eigenvalue weighted by atomic mass is 9.88. The first-order chi connectivity index (χ1) is 9.14. The number of hydrogen-bond donors (Lipinski definition) is 1. The Morgan fingerprint density at radius 1 is 1.26 bits per heavy atom. The van der Waals surface area contributed by atoms with E-state index >= 15 is 0 Å². The summed E-state index contributed by atoms with van der Waals surface area (Å²) in [5.41, 5.74) is 0.190. The largest absolute Gasteiger partial charge is 0.494 e. The van der Waals surface area contributed by atoms with Crippen molar-refractivity contribution >= 4 is 0 Å². The SMILES string of the molecule is CC(C)(CCC#N)CNCCCOc1ccccc1. The van der Waals surface area contributed by atoms with Crippen molar-refractivity contribution in [2.24, 2.45) is 5.41 Å². The van der Waals surface area contributed by atoms with Gasteiger partial charge in [0.05, 0.1) is 12.7 Å². The van der Waals surface area contributed by atoms with E-state index in [0.29, 0.717) is 6.42 Å². The molecule has 0 fully saturated rings. The van der Waals surface area contributed by atoms with Crippen LogP contribution in [0.1, 0.15) is 33.1 Å². The van der Waals surface area contributed by atoms with E-state index in [1.807, 2.05) is 30.3 Å². The molecule has 0 aromatic heterocycles. The van der Waals surface area contributed by atoms with Crippen LogP contribution in [0.4, 0.5) is 0 Å². The van der Waals surface area contributed by atoms with E-state index in [1.165, 1.54) is 0 Å². The number of hydrogen-bond acceptors (Lipinski definition) is 3. The maximum absolute atomic E-state index is 8.59. The monoisotopic (exact) mass is 260 g/mol. The van der Waals surface area contributed by atoms with Gasteiger partial charge in [0.25, 0.3) is 0 Å². The first-order valence-corrected chi connectivity index (χ1v) is 6.89. The van der Waals surface area contributed by atoms with Crippen LogP contribution >= 0.6 is 0 Å². The number of nitrogens with one attached hydrogen (secondary N) is 1. The van der Waals surface area contributed by atoms with Gasteiger partial charge in [0.2, 0.25) is 0 Å². The first kappa shape index (κ1) is 15.5. The topological polar surface area (TPSA) is 45.0 Å². The molecule has 0 aliphatic rings. The van der Waals surface area contributed by atoms with E-state index in [0.717, 1.165) is 38.3 Å². The molecule has 19 heavy (non-hydrogen) atoms. The highest BCUT2D eigenvalue weighted by Gasteiger charge is 2.16. The molecule has 0 spiro atoms. The van der Waals surface area contributed by atoms with E-state index < -0.39 is 0 Å². The zero-order valence-corrected chi connectivity index (χ0v) is 12.0. The summed E-state index contributed by atoms with van der Waals surface area (Å²) in [7, 11) is 0. The predicted molar refractivity (Wildman–Crippen MR) is 78.1 cm³/mol. The molecular weight excluding hydrogens is 236 g/mol. The summed E-state index contributed by atoms with van der Waals surface area (Å²) in [5, 5.41) is 12.0. The molecule has 0 radical (unpaired) electrons. The number of rotatable bonds is 9. The molecule has 3 nitrogen and oxygen atoms in total. The van der Waals surface area contributed by atoms with E-state index in [9.17, 15) is 0 Å². The van der Waals surface area contributed by atoms with Gasteiger partial charge in [-0.2, -0.15) is 5.26 Å². The third-order valence-electron chi connectivity index (χ3n) is 3.03. The predicted octanol–water partition coefficient (Wildman–Crippen LogP) is 3.38. The molecule has 3 heteroatoms. The van der Waals surface area contributed by atoms with Crippen LogP contribution in [-0.4, -0.2) is 19.7 Å². The quantitative estimate of drug-likeness (QED) is 0.692. The minimum Gasteiger partial charge on any atom is -0.494 e. The van der Waals surface area contributed by atoms with Crippen molar-refractivity contribution in [1.82, 2.24) is 5.32 Å². The highest BCUT2D eigenvalue weighted by molar-refractivity contribution is 5.20. The van der Waals surface area contributed by atoms with E-state index in [1.54, 1.807) is 0 Å². The summed E-state index contributed by atoms with van der Waals surface area (Å²) in [4.78, 5) is 0. The Morgan fingerprint density at radius 2 is 2.00 bits per heavy atom. The molecule has 0 aliphatic carbocycles. The molecule has 0 bridgehead atoms. The molecule has 1 aromatic carbocycles. The van der Waals surface area contributed by atoms with Crippen molar-refractivity contribution in [2.75, 3.05) is 19.7 Å². The van der Waals surface area contributed by atoms with Gasteiger partial charge in [-0.3, -0.25) is 0 Å². The van der Waals surface area contributed by atoms with Gasteiger partial charge in [-0.15, -0.1) is 0 Å². The maximum atomic E-state index is 8.59. The molecule has 0 saturated carbocycles. The summed E-state index contributed by atoms with van der Waals surface area (Å²) in [6.45, 7) is 7.01. The Labute approximate surface area is 116 Å². The summed E-state index contributed by atoms with van der Waals surface area (Å²) < 4.78 is 5.62. The van der Waals surface area contributed by atoms with Crippen molar-refractivity contribution in [1.29, 1.82) is 5.26 Å². The van der Waals surface area contributed by atoms with Crippen LogP contribution in [0.3, 0.4) is 0 Å². The number of para-hydroxylation sites is 1. The van der Waals surface area contributed by atoms with Crippen LogP contribution in [0, 0.1) is 16.7 Å². The molecule has 0 saturated heterocycles. The molecule has 0 aliphatic heterocycles. The minimum atomic E-state index is 0.190. The van der Waals surface area contributed by atoms with Crippen molar-refractivity contribution in [2.45, 2.75) is 33.1 Å². The van der Waals surface area contributed by atoms with Crippen molar-refractivity contribution in [3.8, 4) is 11.8 Å². The molecule has 0 unspecified atom stereocenters. The molecule has 0 heterocycles. The van der Waals surface area contributed by atoms with Crippen LogP contribution in [0.2, 0.25) is 0 Å². The zero-order valence-electron chi connectivity index (χ0n) is 12.0. The van der Waals surface area contributed by atoms with Crippen LogP contribution in [-0.2, 0) is 0 Å². The normalized spacial score (nSPS) is 11.0. The van der Waals surface area contributed by atoms with Crippen LogP contribution in [0.15, 0.2) is 30.3 Å². The van der Waals surface area contributed by atoms with Crippen LogP contribution in [0.5, 0.6) is 5.75 Å². The summed E-state index contributed by atoms with van der Waals surface area (Å²) in [6.07, 6.45) is 2.56. The fraction of sp³-hybridized carbons (Fsp3) is 0.562. The second-order valence-corrected chi connectivity index (χ2v) is 5.51. The number of benzene rings is 1. The smallest absolute Gasteiger partial charge is 0.119 e. The van der Waals surface area contributed by atoms with Crippen molar-refractivity contribution in [3.63, 3.8) is 0 Å². The highest BCUT2D eigenvalue weighted by Crippen LogP contribution is 2.20. The van der Waals surface area contributed by atoms with Crippen LogP contribution in [0.25, 0.3) is 0 Å². The molecular formula is C16H24N2O. The number of nitriles is 1. The van der Waals surface area contributed by atoms with E-state index in [4.69, 9.17) is 10.00 Å². The van der Waals surface area contributed by atoms with Gasteiger partial charge in [-0.1, -0.05) is 32.0 Å². The molecule has 104 valence electrons. The first-order valence-electron chi connectivity index (χ1n) is 6.89. The lowest BCUT2D eigenvalue weighted by Crippen LogP contribution is -2.30. The number of nitrogens with zero attached hydrogens (tertiary/aromatic N) is 1. The fourth-order valence-corrected chi connectivity index (χ4v) is 1.81. The summed E-state index contributed by atoms with van der Waals surface area (Å²) >= 11 is 0. The highest BCUT2D eigenvalue weighted by atomic mass is 16.5. The van der Waals surface area contributed by atoms with Gasteiger partial charge >= 0.3 is 0 Å². The Balaban J connectivity index is 2.04. The summed E-state index contributed by atoms with van der Waals surface area (Å²) in [5.74, 6) is 0.928. The van der Waals surface area contributed by atoms with Gasteiger partial charge < -0.3 is 10.1 Å². The maximum Gasteiger partial charge on any atom is 0.119 e. The molecule has 0 atom stereocenters. The van der Waals surface area contributed by atoms with Gasteiger partial charge in [0.15, 0.2) is 0 Å². The third-order valence-corrected chi connectivity index (χ3v) is 3.03. The Kier molecular flexibility index (Phi) is 6.99. The standard InChI is InChI=1S/C16H24N2O/c1-16(2,10-6-11-17)14-18-12-7-13-19-15-8-4-3-5-9-15/h3-5,8-9,18H,6-7,10,12-14H2,1-2H3. The third kappa shape index (κ3) is 7.48. The second-order valence-electron chi connectivity index (χ2n) is 5.51. The van der Waals surface area contributed by atoms with E-state index in [2.05, 4.69) is 25.2 Å². The summed E-state index contributed by atoms with van der Waals surface area (Å²) in [6, 6.07) is 12.1. The molecule has 1 aromatic rings. The Bertz CT molecular complexity index is 381. The zero-order chi connectivity index (χ0) is 14.0. The van der Waals surface area contributed by atoms with Gasteiger partial charge in [-0.05, 0) is 36.9 Å². The molecule has 1 N–H and O–H groups in total. The van der Waals surface area contributed by atoms with Gasteiger partial charge in [0, 0.05) is 13.0 Å². The Hall–Kier alpha value is -1.53.